The lowest BCUT2D eigenvalue weighted by molar-refractivity contribution is -0.928. The van der Waals surface area contributed by atoms with E-state index in [2.05, 4.69) is 18.3 Å². The average Bonchev–Trinajstić information content (AvgIpc) is 2.86. The first-order valence-electron chi connectivity index (χ1n) is 13.9. The maximum Gasteiger partial charge on any atom is 0.232 e. The number of carbonyl (C=O) groups is 1. The van der Waals surface area contributed by atoms with Crippen LogP contribution in [0.4, 0.5) is 0 Å². The van der Waals surface area contributed by atoms with Crippen LogP contribution in [0.25, 0.3) is 0 Å². The van der Waals surface area contributed by atoms with Crippen LogP contribution in [0.2, 0.25) is 0 Å². The number of likely N-dealkylation sites (tertiary alicyclic amines) is 1. The molecule has 1 saturated heterocycles. The van der Waals surface area contributed by atoms with E-state index < -0.39 is 0 Å². The minimum absolute atomic E-state index is 0. The number of nitrogens with one attached hydrogen (secondary N) is 1. The number of hydrogen-bond donors (Lipinski definition) is 1. The van der Waals surface area contributed by atoms with Crippen molar-refractivity contribution in [2.24, 2.45) is 0 Å². The van der Waals surface area contributed by atoms with Crippen LogP contribution in [0, 0.1) is 0 Å². The molecule has 194 valence electrons. The molecule has 0 aromatic heterocycles. The third kappa shape index (κ3) is 6.16. The molecule has 1 aliphatic carbocycles. The molecule has 0 saturated carbocycles. The molecule has 3 aliphatic rings. The number of fused-ring (bicyclic) bond motifs is 2. The minimum atomic E-state index is -0.312. The van der Waals surface area contributed by atoms with Gasteiger partial charge in [0.05, 0.1) is 25.6 Å². The van der Waals surface area contributed by atoms with Gasteiger partial charge < -0.3 is 38.5 Å². The van der Waals surface area contributed by atoms with Crippen molar-refractivity contribution >= 4 is 5.91 Å². The minimum Gasteiger partial charge on any atom is -1.00 e. The molecule has 1 amide bonds. The fourth-order valence-corrected chi connectivity index (χ4v) is 6.50. The Kier molecular flexibility index (Phi) is 9.51. The molecule has 36 heavy (non-hydrogen) atoms. The molecule has 0 spiro atoms. The number of allylic oxidation sites excluding steroid dienone is 1. The smallest absolute Gasteiger partial charge is 0.232 e. The van der Waals surface area contributed by atoms with E-state index in [-0.39, 0.29) is 41.8 Å². The molecule has 2 aromatic rings. The quantitative estimate of drug-likeness (QED) is 0.312. The van der Waals surface area contributed by atoms with Crippen molar-refractivity contribution in [3.05, 3.63) is 71.3 Å². The van der Waals surface area contributed by atoms with Crippen molar-refractivity contribution in [1.29, 1.82) is 0 Å². The van der Waals surface area contributed by atoms with Crippen molar-refractivity contribution in [3.8, 4) is 11.5 Å². The Balaban J connectivity index is 0.00000304. The monoisotopic (exact) mass is 600 g/mol. The molecule has 5 heteroatoms. The zero-order valence-corrected chi connectivity index (χ0v) is 23.8. The maximum atomic E-state index is 13.7. The third-order valence-electron chi connectivity index (χ3n) is 8.31. The fraction of sp³-hybridized carbons (Fsp3) is 0.516. The number of halogens is 1. The van der Waals surface area contributed by atoms with E-state index in [0.717, 1.165) is 48.6 Å². The highest BCUT2D eigenvalue weighted by atomic mass is 127. The number of benzene rings is 2. The van der Waals surface area contributed by atoms with E-state index in [0.29, 0.717) is 0 Å². The lowest BCUT2D eigenvalue weighted by atomic mass is 9.86. The number of carbonyl (C=O) groups excluding carboxylic acids is 1. The Morgan fingerprint density at radius 1 is 0.944 bits per heavy atom. The van der Waals surface area contributed by atoms with Crippen LogP contribution in [0.1, 0.15) is 81.8 Å². The van der Waals surface area contributed by atoms with Crippen molar-refractivity contribution in [3.63, 3.8) is 0 Å². The largest absolute Gasteiger partial charge is 1.00 e. The number of rotatable bonds is 6. The molecule has 0 bridgehead atoms. The summed E-state index contributed by atoms with van der Waals surface area (Å²) in [7, 11) is 0. The van der Waals surface area contributed by atoms with E-state index in [1.165, 1.54) is 62.5 Å². The molecule has 2 heterocycles. The molecule has 0 atom stereocenters. The molecule has 1 N–H and O–H groups in total. The van der Waals surface area contributed by atoms with Gasteiger partial charge >= 0.3 is 0 Å². The predicted octanol–water partition coefficient (Wildman–Crippen LogP) is 3.71. The van der Waals surface area contributed by atoms with Crippen LogP contribution < -0.4 is 34.0 Å². The highest BCUT2D eigenvalue weighted by Crippen LogP contribution is 2.44. The van der Waals surface area contributed by atoms with E-state index in [1.807, 2.05) is 48.5 Å². The highest BCUT2D eigenvalue weighted by Gasteiger charge is 2.37. The number of piperidine rings is 1. The van der Waals surface area contributed by atoms with E-state index in [9.17, 15) is 4.79 Å². The first kappa shape index (κ1) is 27.2. The van der Waals surface area contributed by atoms with Crippen molar-refractivity contribution in [2.75, 3.05) is 26.2 Å². The zero-order valence-electron chi connectivity index (χ0n) is 21.7. The van der Waals surface area contributed by atoms with E-state index in [1.54, 1.807) is 5.57 Å². The second-order valence-corrected chi connectivity index (χ2v) is 10.9. The number of para-hydroxylation sites is 2. The standard InChI is InChI=1S/C31H40N2O2.HI/c1-2-20-33(23-24-12-6-4-3-5-7-13-24)21-18-25(19-22-33)32-31(34)30-26-14-8-10-16-28(26)35-29-17-11-9-15-27(29)30;/h8-12,14-17,25,30H,2-7,13,18-23H2,1H3;1H/b24-12+;. The first-order chi connectivity index (χ1) is 17.2. The molecule has 0 radical (unpaired) electrons. The summed E-state index contributed by atoms with van der Waals surface area (Å²) < 4.78 is 7.31. The summed E-state index contributed by atoms with van der Waals surface area (Å²) in [5, 5.41) is 3.45. The normalized spacial score (nSPS) is 25.5. The third-order valence-corrected chi connectivity index (χ3v) is 8.31. The summed E-state index contributed by atoms with van der Waals surface area (Å²) in [4.78, 5) is 13.7. The molecule has 2 aromatic carbocycles. The van der Waals surface area contributed by atoms with Crippen LogP contribution in [-0.2, 0) is 4.79 Å². The van der Waals surface area contributed by atoms with Gasteiger partial charge in [0.25, 0.3) is 0 Å². The van der Waals surface area contributed by atoms with Crippen molar-refractivity contribution in [1.82, 2.24) is 5.32 Å². The molecule has 1 fully saturated rings. The van der Waals surface area contributed by atoms with Gasteiger partial charge in [-0.1, -0.05) is 62.2 Å². The Bertz CT molecular complexity index is 1010. The van der Waals surface area contributed by atoms with Crippen LogP contribution >= 0.6 is 0 Å². The second kappa shape index (κ2) is 12.6. The average molecular weight is 601 g/mol. The number of ether oxygens (including phenoxy) is 1. The molecule has 0 unspecified atom stereocenters. The van der Waals surface area contributed by atoms with E-state index >= 15 is 0 Å². The van der Waals surface area contributed by atoms with Crippen LogP contribution in [0.3, 0.4) is 0 Å². The maximum absolute atomic E-state index is 13.7. The van der Waals surface area contributed by atoms with Gasteiger partial charge in [-0.15, -0.1) is 0 Å². The fourth-order valence-electron chi connectivity index (χ4n) is 6.50. The van der Waals surface area contributed by atoms with Crippen LogP contribution in [0.5, 0.6) is 11.5 Å². The predicted molar refractivity (Wildman–Crippen MR) is 142 cm³/mol. The summed E-state index contributed by atoms with van der Waals surface area (Å²) in [5.41, 5.74) is 3.62. The zero-order chi connectivity index (χ0) is 24.1. The Hall–Kier alpha value is -1.86. The molecule has 4 nitrogen and oxygen atoms in total. The van der Waals surface area contributed by atoms with Gasteiger partial charge in [0.15, 0.2) is 0 Å². The Labute approximate surface area is 234 Å². The lowest BCUT2D eigenvalue weighted by Crippen LogP contribution is -3.00. The van der Waals surface area contributed by atoms with Gasteiger partial charge in [-0.3, -0.25) is 4.79 Å². The van der Waals surface area contributed by atoms with E-state index in [4.69, 9.17) is 4.74 Å². The first-order valence-corrected chi connectivity index (χ1v) is 13.9. The summed E-state index contributed by atoms with van der Waals surface area (Å²) in [6, 6.07) is 16.2. The van der Waals surface area contributed by atoms with Gasteiger partial charge in [-0.2, -0.15) is 0 Å². The number of nitrogens with zero attached hydrogens (tertiary/aromatic N) is 1. The lowest BCUT2D eigenvalue weighted by Gasteiger charge is -2.45. The Morgan fingerprint density at radius 2 is 1.58 bits per heavy atom. The Morgan fingerprint density at radius 3 is 2.25 bits per heavy atom. The topological polar surface area (TPSA) is 38.3 Å². The van der Waals surface area contributed by atoms with Gasteiger partial charge in [0.1, 0.15) is 18.0 Å². The van der Waals surface area contributed by atoms with Gasteiger partial charge in [-0.05, 0) is 49.8 Å². The number of quaternary nitrogens is 1. The molecular weight excluding hydrogens is 559 g/mol. The summed E-state index contributed by atoms with van der Waals surface area (Å²) in [6.45, 7) is 7.11. The molecule has 5 rings (SSSR count). The molecular formula is C31H41IN2O2. The highest BCUT2D eigenvalue weighted by molar-refractivity contribution is 5.89. The van der Waals surface area contributed by atoms with Crippen LogP contribution in [0.15, 0.2) is 60.2 Å². The number of hydrogen-bond acceptors (Lipinski definition) is 2. The van der Waals surface area contributed by atoms with Crippen LogP contribution in [-0.4, -0.2) is 42.6 Å². The van der Waals surface area contributed by atoms with Crippen molar-refractivity contribution in [2.45, 2.75) is 76.7 Å². The summed E-state index contributed by atoms with van der Waals surface area (Å²) in [6.07, 6.45) is 13.9. The van der Waals surface area contributed by atoms with Gasteiger partial charge in [-0.25, -0.2) is 0 Å². The van der Waals surface area contributed by atoms with Crippen molar-refractivity contribution < 1.29 is 38.0 Å². The SMILES string of the molecule is CCC[N+]1(C/C2=C/CCCCCC2)CCC(NC(=O)C2c3ccccc3Oc3ccccc32)CC1.[I-]. The number of amides is 1. The second-order valence-electron chi connectivity index (χ2n) is 10.9. The molecule has 2 aliphatic heterocycles. The van der Waals surface area contributed by atoms with Gasteiger partial charge in [0, 0.05) is 30.0 Å². The van der Waals surface area contributed by atoms with Gasteiger partial charge in [0.2, 0.25) is 5.91 Å². The summed E-state index contributed by atoms with van der Waals surface area (Å²) in [5.74, 6) is 1.38. The summed E-state index contributed by atoms with van der Waals surface area (Å²) >= 11 is 0.